The Kier molecular flexibility index (Phi) is 3.19. The third kappa shape index (κ3) is 1.65. The zero-order valence-corrected chi connectivity index (χ0v) is 13.6. The van der Waals surface area contributed by atoms with Gasteiger partial charge in [-0.15, -0.1) is 5.39 Å². The maximum Gasteiger partial charge on any atom is 0.101 e. The van der Waals surface area contributed by atoms with Gasteiger partial charge in [0.15, 0.2) is 0 Å². The number of nitrogens with zero attached hydrogens (tertiary/aromatic N) is 5. The predicted molar refractivity (Wildman–Crippen MR) is 64.7 cm³/mol. The van der Waals surface area contributed by atoms with Crippen LogP contribution >= 0.6 is 0 Å². The van der Waals surface area contributed by atoms with E-state index in [0.717, 1.165) is 38.9 Å². The van der Waals surface area contributed by atoms with Crippen LogP contribution in [0.15, 0.2) is 0 Å². The number of fused-ring (bicyclic) bond motifs is 3. The molecular formula is C12H12N5W-. The second kappa shape index (κ2) is 4.39. The molecule has 0 aliphatic carbocycles. The van der Waals surface area contributed by atoms with Crippen molar-refractivity contribution in [1.29, 1.82) is 0 Å². The van der Waals surface area contributed by atoms with Crippen LogP contribution < -0.4 is 0 Å². The first-order chi connectivity index (χ1) is 8.09. The van der Waals surface area contributed by atoms with Gasteiger partial charge in [0.05, 0.1) is 0 Å². The summed E-state index contributed by atoms with van der Waals surface area (Å²) in [7, 11) is 1.90. The number of rotatable bonds is 0. The van der Waals surface area contributed by atoms with Gasteiger partial charge in [-0.2, -0.15) is 10.2 Å². The van der Waals surface area contributed by atoms with Gasteiger partial charge in [0.25, 0.3) is 0 Å². The summed E-state index contributed by atoms with van der Waals surface area (Å²) in [6, 6.07) is 0. The number of pyridine rings is 1. The molecule has 6 heteroatoms. The van der Waals surface area contributed by atoms with Crippen molar-refractivity contribution in [2.45, 2.75) is 20.8 Å². The Morgan fingerprint density at radius 3 is 2.44 bits per heavy atom. The second-order valence-electron chi connectivity index (χ2n) is 4.25. The molecule has 0 aliphatic heterocycles. The summed E-state index contributed by atoms with van der Waals surface area (Å²) in [4.78, 5) is 4.60. The van der Waals surface area contributed by atoms with Gasteiger partial charge >= 0.3 is 0 Å². The summed E-state index contributed by atoms with van der Waals surface area (Å²) in [6.07, 6.45) is 2.98. The number of hydrogen-bond acceptors (Lipinski definition) is 4. The Morgan fingerprint density at radius 2 is 1.72 bits per heavy atom. The van der Waals surface area contributed by atoms with E-state index in [1.54, 1.807) is 4.68 Å². The summed E-state index contributed by atoms with van der Waals surface area (Å²) in [5.74, 6) is 0. The van der Waals surface area contributed by atoms with Crippen LogP contribution in [0.25, 0.3) is 21.8 Å². The minimum absolute atomic E-state index is 0. The molecule has 0 saturated carbocycles. The Balaban J connectivity index is 0.00000120. The minimum Gasteiger partial charge on any atom is -0.263 e. The van der Waals surface area contributed by atoms with Gasteiger partial charge in [-0.05, 0) is 32.7 Å². The molecule has 18 heavy (non-hydrogen) atoms. The van der Waals surface area contributed by atoms with E-state index < -0.39 is 0 Å². The van der Waals surface area contributed by atoms with Crippen LogP contribution in [0.4, 0.5) is 0 Å². The van der Waals surface area contributed by atoms with Crippen molar-refractivity contribution < 1.29 is 21.1 Å². The molecule has 0 unspecified atom stereocenters. The van der Waals surface area contributed by atoms with Crippen LogP contribution in [0, 0.1) is 27.0 Å². The van der Waals surface area contributed by atoms with Crippen molar-refractivity contribution >= 4 is 21.8 Å². The summed E-state index contributed by atoms with van der Waals surface area (Å²) in [5, 5.41) is 15.4. The van der Waals surface area contributed by atoms with E-state index >= 15 is 0 Å². The molecule has 0 amide bonds. The van der Waals surface area contributed by atoms with E-state index in [-0.39, 0.29) is 21.1 Å². The molecule has 0 bridgehead atoms. The maximum absolute atomic E-state index is 4.60. The summed E-state index contributed by atoms with van der Waals surface area (Å²) in [6.45, 7) is 5.89. The first-order valence-corrected chi connectivity index (χ1v) is 5.44. The summed E-state index contributed by atoms with van der Waals surface area (Å²) >= 11 is 0. The van der Waals surface area contributed by atoms with Gasteiger partial charge in [-0.3, -0.25) is 9.67 Å². The zero-order valence-electron chi connectivity index (χ0n) is 10.6. The van der Waals surface area contributed by atoms with Crippen LogP contribution in [0.2, 0.25) is 0 Å². The molecule has 0 atom stereocenters. The molecule has 0 aromatic carbocycles. The van der Waals surface area contributed by atoms with E-state index in [0.29, 0.717) is 0 Å². The molecule has 3 rings (SSSR count). The fraction of sp³-hybridized carbons (Fsp3) is 0.333. The molecule has 0 fully saturated rings. The van der Waals surface area contributed by atoms with Crippen LogP contribution in [-0.4, -0.2) is 25.0 Å². The average molecular weight is 410 g/mol. The molecule has 0 radical (unpaired) electrons. The molecule has 0 spiro atoms. The van der Waals surface area contributed by atoms with E-state index in [4.69, 9.17) is 0 Å². The standard InChI is InChI=1S/C12H12N5.W/c1-6-10-7(2)15-13-5-9(10)11-8(3)16-17(4)12(11)14-6;/h1-4H3;/q-1;. The Bertz CT molecular complexity index is 747. The Hall–Kier alpha value is -1.35. The summed E-state index contributed by atoms with van der Waals surface area (Å²) in [5.41, 5.74) is 3.65. The van der Waals surface area contributed by atoms with E-state index in [1.807, 2.05) is 27.8 Å². The average Bonchev–Trinajstić information content (AvgIpc) is 2.54. The molecule has 3 aromatic heterocycles. The van der Waals surface area contributed by atoms with Crippen molar-refractivity contribution in [3.05, 3.63) is 23.3 Å². The molecular weight excluding hydrogens is 398 g/mol. The predicted octanol–water partition coefficient (Wildman–Crippen LogP) is 1.63. The van der Waals surface area contributed by atoms with Gasteiger partial charge < -0.3 is 0 Å². The largest absolute Gasteiger partial charge is 0.263 e. The van der Waals surface area contributed by atoms with E-state index in [1.165, 1.54) is 0 Å². The topological polar surface area (TPSA) is 56.5 Å². The third-order valence-corrected chi connectivity index (χ3v) is 3.05. The molecule has 0 saturated heterocycles. The molecule has 5 nitrogen and oxygen atoms in total. The number of hydrogen-bond donors (Lipinski definition) is 0. The molecule has 3 heterocycles. The third-order valence-electron chi connectivity index (χ3n) is 3.05. The first-order valence-electron chi connectivity index (χ1n) is 5.44. The van der Waals surface area contributed by atoms with Crippen molar-refractivity contribution in [3.8, 4) is 0 Å². The fourth-order valence-corrected chi connectivity index (χ4v) is 2.34. The Morgan fingerprint density at radius 1 is 1.00 bits per heavy atom. The van der Waals surface area contributed by atoms with Crippen LogP contribution in [0.1, 0.15) is 17.1 Å². The van der Waals surface area contributed by atoms with Crippen LogP contribution in [-0.2, 0) is 28.1 Å². The number of aromatic nitrogens is 5. The second-order valence-corrected chi connectivity index (χ2v) is 4.25. The van der Waals surface area contributed by atoms with Crippen molar-refractivity contribution in [2.24, 2.45) is 7.05 Å². The molecule has 0 N–H and O–H groups in total. The fourth-order valence-electron chi connectivity index (χ4n) is 2.34. The SMILES string of the molecule is Cc1nn[c-]c2c1c(C)nc1c2c(C)nn1C.[W]. The van der Waals surface area contributed by atoms with E-state index in [2.05, 4.69) is 26.5 Å². The van der Waals surface area contributed by atoms with Gasteiger partial charge in [0.2, 0.25) is 0 Å². The van der Waals surface area contributed by atoms with Crippen molar-refractivity contribution in [1.82, 2.24) is 25.0 Å². The van der Waals surface area contributed by atoms with Crippen molar-refractivity contribution in [2.75, 3.05) is 0 Å². The maximum atomic E-state index is 4.60. The molecule has 0 aliphatic rings. The monoisotopic (exact) mass is 410 g/mol. The zero-order chi connectivity index (χ0) is 12.2. The number of aryl methyl sites for hydroxylation is 4. The quantitative estimate of drug-likeness (QED) is 0.529. The van der Waals surface area contributed by atoms with Gasteiger partial charge in [-0.1, -0.05) is 10.8 Å². The van der Waals surface area contributed by atoms with Gasteiger partial charge in [-0.25, -0.2) is 5.10 Å². The smallest absolute Gasteiger partial charge is 0.101 e. The summed E-state index contributed by atoms with van der Waals surface area (Å²) < 4.78 is 1.79. The first kappa shape index (κ1) is 13.1. The van der Waals surface area contributed by atoms with Gasteiger partial charge in [0, 0.05) is 39.5 Å². The molecule has 3 aromatic rings. The van der Waals surface area contributed by atoms with Crippen LogP contribution in [0.3, 0.4) is 0 Å². The van der Waals surface area contributed by atoms with Crippen LogP contribution in [0.5, 0.6) is 0 Å². The van der Waals surface area contributed by atoms with E-state index in [9.17, 15) is 0 Å². The normalized spacial score (nSPS) is 10.9. The van der Waals surface area contributed by atoms with Crippen molar-refractivity contribution in [3.63, 3.8) is 0 Å². The molecule has 92 valence electrons. The van der Waals surface area contributed by atoms with Gasteiger partial charge in [0.1, 0.15) is 5.65 Å². The Labute approximate surface area is 119 Å². The minimum atomic E-state index is 0.